The van der Waals surface area contributed by atoms with E-state index in [1.807, 2.05) is 0 Å². The minimum absolute atomic E-state index is 0.161. The Balaban J connectivity index is 2.12. The summed E-state index contributed by atoms with van der Waals surface area (Å²) < 4.78 is 0. The maximum atomic E-state index is 10.4. The van der Waals surface area contributed by atoms with Crippen LogP contribution >= 0.6 is 0 Å². The molecule has 0 radical (unpaired) electrons. The largest absolute Gasteiger partial charge is 0.396 e. The molecule has 2 N–H and O–H groups in total. The molecule has 92 valence electrons. The SMILES string of the molecule is CC1(C)CCC[C@]2(C)C[C@H](O)[C@@]3(CO)C[C@@]123. The van der Waals surface area contributed by atoms with Crippen LogP contribution in [-0.2, 0) is 0 Å². The van der Waals surface area contributed by atoms with Crippen molar-refractivity contribution < 1.29 is 10.2 Å². The van der Waals surface area contributed by atoms with Gasteiger partial charge in [-0.25, -0.2) is 0 Å². The summed E-state index contributed by atoms with van der Waals surface area (Å²) in [4.78, 5) is 0. The molecule has 0 unspecified atom stereocenters. The summed E-state index contributed by atoms with van der Waals surface area (Å²) in [6.45, 7) is 7.22. The van der Waals surface area contributed by atoms with Crippen molar-refractivity contribution in [2.45, 2.75) is 59.0 Å². The normalized spacial score (nSPS) is 57.9. The van der Waals surface area contributed by atoms with E-state index in [1.165, 1.54) is 19.3 Å². The van der Waals surface area contributed by atoms with Gasteiger partial charge in [0, 0.05) is 5.41 Å². The first-order valence-corrected chi connectivity index (χ1v) is 6.64. The average Bonchev–Trinajstić information content (AvgIpc) is 2.83. The molecular weight excluding hydrogens is 200 g/mol. The van der Waals surface area contributed by atoms with E-state index in [4.69, 9.17) is 0 Å². The van der Waals surface area contributed by atoms with E-state index < -0.39 is 0 Å². The highest BCUT2D eigenvalue weighted by atomic mass is 16.3. The summed E-state index contributed by atoms with van der Waals surface area (Å²) in [5.74, 6) is 0. The van der Waals surface area contributed by atoms with Gasteiger partial charge in [-0.2, -0.15) is 0 Å². The van der Waals surface area contributed by atoms with Gasteiger partial charge in [0.15, 0.2) is 0 Å². The predicted molar refractivity (Wildman–Crippen MR) is 62.9 cm³/mol. The van der Waals surface area contributed by atoms with Crippen LogP contribution in [0.5, 0.6) is 0 Å². The van der Waals surface area contributed by atoms with Crippen molar-refractivity contribution in [3.05, 3.63) is 0 Å². The molecular formula is C14H24O2. The second-order valence-corrected chi connectivity index (χ2v) is 7.41. The van der Waals surface area contributed by atoms with Crippen molar-refractivity contribution >= 4 is 0 Å². The molecule has 0 aliphatic heterocycles. The standard InChI is InChI=1S/C14H24O2/c1-11(2)5-4-6-12(3)7-10(16)13(9-15)8-14(11,12)13/h10,15-16H,4-9H2,1-3H3/t10-,12+,13-,14+/m0/s1. The molecule has 3 saturated carbocycles. The molecule has 2 heteroatoms. The van der Waals surface area contributed by atoms with E-state index in [0.29, 0.717) is 0 Å². The topological polar surface area (TPSA) is 40.5 Å². The van der Waals surface area contributed by atoms with Gasteiger partial charge in [0.25, 0.3) is 0 Å². The van der Waals surface area contributed by atoms with Crippen molar-refractivity contribution in [2.75, 3.05) is 6.61 Å². The molecule has 16 heavy (non-hydrogen) atoms. The van der Waals surface area contributed by atoms with Crippen molar-refractivity contribution in [2.24, 2.45) is 21.7 Å². The molecule has 3 aliphatic rings. The van der Waals surface area contributed by atoms with E-state index in [1.54, 1.807) is 0 Å². The Kier molecular flexibility index (Phi) is 1.84. The Labute approximate surface area is 98.1 Å². The molecule has 0 amide bonds. The van der Waals surface area contributed by atoms with Crippen LogP contribution in [0.2, 0.25) is 0 Å². The Hall–Kier alpha value is -0.0800. The van der Waals surface area contributed by atoms with Crippen molar-refractivity contribution in [3.8, 4) is 0 Å². The minimum atomic E-state index is -0.278. The number of aliphatic hydroxyl groups excluding tert-OH is 2. The van der Waals surface area contributed by atoms with Crippen LogP contribution in [-0.4, -0.2) is 22.9 Å². The van der Waals surface area contributed by atoms with Gasteiger partial charge in [-0.15, -0.1) is 0 Å². The van der Waals surface area contributed by atoms with Gasteiger partial charge in [-0.3, -0.25) is 0 Å². The van der Waals surface area contributed by atoms with Crippen LogP contribution in [0.3, 0.4) is 0 Å². The maximum absolute atomic E-state index is 10.4. The fraction of sp³-hybridized carbons (Fsp3) is 1.00. The fourth-order valence-electron chi connectivity index (χ4n) is 5.92. The zero-order valence-electron chi connectivity index (χ0n) is 10.7. The molecule has 2 nitrogen and oxygen atoms in total. The molecule has 0 heterocycles. The van der Waals surface area contributed by atoms with Crippen LogP contribution in [0, 0.1) is 21.7 Å². The van der Waals surface area contributed by atoms with Gasteiger partial charge < -0.3 is 10.2 Å². The fourth-order valence-corrected chi connectivity index (χ4v) is 5.92. The second-order valence-electron chi connectivity index (χ2n) is 7.41. The third kappa shape index (κ3) is 0.830. The van der Waals surface area contributed by atoms with Crippen LogP contribution in [0.25, 0.3) is 0 Å². The second kappa shape index (κ2) is 2.67. The third-order valence-electron chi connectivity index (χ3n) is 6.59. The Morgan fingerprint density at radius 2 is 1.88 bits per heavy atom. The summed E-state index contributed by atoms with van der Waals surface area (Å²) in [5, 5.41) is 20.1. The quantitative estimate of drug-likeness (QED) is 0.717. The number of hydrogen-bond acceptors (Lipinski definition) is 2. The molecule has 3 aliphatic carbocycles. The van der Waals surface area contributed by atoms with E-state index >= 15 is 0 Å². The number of rotatable bonds is 1. The van der Waals surface area contributed by atoms with Gasteiger partial charge in [-0.1, -0.05) is 27.2 Å². The predicted octanol–water partition coefficient (Wildman–Crippen LogP) is 2.34. The monoisotopic (exact) mass is 224 g/mol. The molecule has 1 spiro atoms. The summed E-state index contributed by atoms with van der Waals surface area (Å²) in [5.41, 5.74) is 0.586. The van der Waals surface area contributed by atoms with Crippen LogP contribution < -0.4 is 0 Å². The highest BCUT2D eigenvalue weighted by Crippen LogP contribution is 2.88. The molecule has 4 atom stereocenters. The summed E-state index contributed by atoms with van der Waals surface area (Å²) in [6, 6.07) is 0. The summed E-state index contributed by atoms with van der Waals surface area (Å²) in [6.07, 6.45) is 5.42. The number of aliphatic hydroxyl groups is 2. The first-order chi connectivity index (χ1) is 7.35. The first-order valence-electron chi connectivity index (χ1n) is 6.64. The lowest BCUT2D eigenvalue weighted by Crippen LogP contribution is -2.44. The Bertz CT molecular complexity index is 334. The first kappa shape index (κ1) is 11.0. The highest BCUT2D eigenvalue weighted by molar-refractivity contribution is 5.33. The van der Waals surface area contributed by atoms with Crippen LogP contribution in [0.1, 0.15) is 52.9 Å². The summed E-state index contributed by atoms with van der Waals surface area (Å²) >= 11 is 0. The molecule has 0 aromatic heterocycles. The van der Waals surface area contributed by atoms with Crippen molar-refractivity contribution in [1.82, 2.24) is 0 Å². The van der Waals surface area contributed by atoms with E-state index in [-0.39, 0.29) is 34.4 Å². The zero-order valence-corrected chi connectivity index (χ0v) is 10.7. The Morgan fingerprint density at radius 3 is 2.44 bits per heavy atom. The van der Waals surface area contributed by atoms with E-state index in [0.717, 1.165) is 12.8 Å². The maximum Gasteiger partial charge on any atom is 0.0629 e. The molecule has 3 rings (SSSR count). The van der Waals surface area contributed by atoms with Gasteiger partial charge in [0.2, 0.25) is 0 Å². The van der Waals surface area contributed by atoms with Crippen LogP contribution in [0.4, 0.5) is 0 Å². The summed E-state index contributed by atoms with van der Waals surface area (Å²) in [7, 11) is 0. The minimum Gasteiger partial charge on any atom is -0.396 e. The molecule has 0 aromatic rings. The lowest BCUT2D eigenvalue weighted by Gasteiger charge is -2.51. The number of hydrogen-bond donors (Lipinski definition) is 2. The smallest absolute Gasteiger partial charge is 0.0629 e. The van der Waals surface area contributed by atoms with E-state index in [9.17, 15) is 10.2 Å². The van der Waals surface area contributed by atoms with Gasteiger partial charge in [0.05, 0.1) is 12.7 Å². The average molecular weight is 224 g/mol. The van der Waals surface area contributed by atoms with Crippen LogP contribution in [0.15, 0.2) is 0 Å². The van der Waals surface area contributed by atoms with Gasteiger partial charge in [0.1, 0.15) is 0 Å². The third-order valence-corrected chi connectivity index (χ3v) is 6.59. The molecule has 3 fully saturated rings. The Morgan fingerprint density at radius 1 is 1.19 bits per heavy atom. The lowest BCUT2D eigenvalue weighted by molar-refractivity contribution is -0.0315. The van der Waals surface area contributed by atoms with Gasteiger partial charge in [-0.05, 0) is 41.9 Å². The van der Waals surface area contributed by atoms with Crippen molar-refractivity contribution in [3.63, 3.8) is 0 Å². The van der Waals surface area contributed by atoms with Crippen molar-refractivity contribution in [1.29, 1.82) is 0 Å². The van der Waals surface area contributed by atoms with Gasteiger partial charge >= 0.3 is 0 Å². The molecule has 0 bridgehead atoms. The highest BCUT2D eigenvalue weighted by Gasteiger charge is 2.85. The van der Waals surface area contributed by atoms with E-state index in [2.05, 4.69) is 20.8 Å². The zero-order chi connectivity index (χ0) is 11.8. The lowest BCUT2D eigenvalue weighted by atomic mass is 9.53. The molecule has 0 aromatic carbocycles. The molecule has 0 saturated heterocycles.